The van der Waals surface area contributed by atoms with E-state index in [2.05, 4.69) is 29.5 Å². The van der Waals surface area contributed by atoms with Gasteiger partial charge in [-0.3, -0.25) is 4.79 Å². The average molecular weight is 329 g/mol. The fraction of sp³-hybridized carbons (Fsp3) is 0.333. The number of amides is 1. The van der Waals surface area contributed by atoms with Gasteiger partial charge < -0.3 is 20.1 Å². The Morgan fingerprint density at radius 1 is 1.12 bits per heavy atom. The van der Waals surface area contributed by atoms with Gasteiger partial charge in [-0.1, -0.05) is 13.8 Å². The van der Waals surface area contributed by atoms with Gasteiger partial charge in [-0.2, -0.15) is 0 Å². The third-order valence-corrected chi connectivity index (χ3v) is 3.35. The monoisotopic (exact) mass is 329 g/mol. The summed E-state index contributed by atoms with van der Waals surface area (Å²) in [6.45, 7) is 4.74. The van der Waals surface area contributed by atoms with Crippen molar-refractivity contribution in [3.05, 3.63) is 42.1 Å². The second-order valence-corrected chi connectivity index (χ2v) is 5.73. The second-order valence-electron chi connectivity index (χ2n) is 5.73. The third kappa shape index (κ3) is 4.62. The van der Waals surface area contributed by atoms with Gasteiger partial charge >= 0.3 is 0 Å². The number of aromatic nitrogens is 1. The van der Waals surface area contributed by atoms with E-state index in [1.54, 1.807) is 38.6 Å². The number of carbonyl (C=O) groups is 1. The van der Waals surface area contributed by atoms with Crippen LogP contribution in [-0.4, -0.2) is 31.7 Å². The Kier molecular flexibility index (Phi) is 6.01. The first-order chi connectivity index (χ1) is 11.5. The molecular formula is C18H23N3O3. The maximum atomic E-state index is 12.1. The van der Waals surface area contributed by atoms with Crippen molar-refractivity contribution in [3.8, 4) is 11.5 Å². The number of benzene rings is 1. The van der Waals surface area contributed by atoms with E-state index < -0.39 is 0 Å². The molecule has 0 saturated carbocycles. The van der Waals surface area contributed by atoms with Crippen molar-refractivity contribution < 1.29 is 14.3 Å². The zero-order valence-corrected chi connectivity index (χ0v) is 14.4. The van der Waals surface area contributed by atoms with Gasteiger partial charge in [0.15, 0.2) is 11.5 Å². The van der Waals surface area contributed by atoms with E-state index in [0.717, 1.165) is 5.69 Å². The minimum absolute atomic E-state index is 0.110. The summed E-state index contributed by atoms with van der Waals surface area (Å²) < 4.78 is 10.5. The lowest BCUT2D eigenvalue weighted by molar-refractivity contribution is 0.0949. The molecule has 0 spiro atoms. The number of nitrogens with one attached hydrogen (secondary N) is 2. The lowest BCUT2D eigenvalue weighted by Gasteiger charge is -2.12. The zero-order valence-electron chi connectivity index (χ0n) is 14.4. The van der Waals surface area contributed by atoms with Crippen molar-refractivity contribution in [2.24, 2.45) is 5.92 Å². The molecule has 0 radical (unpaired) electrons. The molecule has 0 aliphatic carbocycles. The molecule has 0 bridgehead atoms. The van der Waals surface area contributed by atoms with Gasteiger partial charge in [0.2, 0.25) is 0 Å². The van der Waals surface area contributed by atoms with E-state index in [0.29, 0.717) is 35.3 Å². The van der Waals surface area contributed by atoms with Crippen molar-refractivity contribution in [3.63, 3.8) is 0 Å². The standard InChI is InChI=1S/C18H23N3O3/c1-12(2)11-20-18(22)13-7-8-19-17(9-13)21-14-5-6-15(23-3)16(10-14)24-4/h5-10,12H,11H2,1-4H3,(H,19,21)(H,20,22). The van der Waals surface area contributed by atoms with Crippen LogP contribution >= 0.6 is 0 Å². The van der Waals surface area contributed by atoms with Crippen LogP contribution in [0.25, 0.3) is 0 Å². The summed E-state index contributed by atoms with van der Waals surface area (Å²) in [5.74, 6) is 2.15. The summed E-state index contributed by atoms with van der Waals surface area (Å²) in [4.78, 5) is 16.4. The number of ether oxygens (including phenoxy) is 2. The first-order valence-electron chi connectivity index (χ1n) is 7.76. The summed E-state index contributed by atoms with van der Waals surface area (Å²) in [6.07, 6.45) is 1.60. The van der Waals surface area contributed by atoms with E-state index >= 15 is 0 Å². The predicted molar refractivity (Wildman–Crippen MR) is 94.2 cm³/mol. The lowest BCUT2D eigenvalue weighted by atomic mass is 10.2. The van der Waals surface area contributed by atoms with Crippen molar-refractivity contribution >= 4 is 17.4 Å². The largest absolute Gasteiger partial charge is 0.493 e. The molecule has 0 atom stereocenters. The molecule has 2 N–H and O–H groups in total. The maximum Gasteiger partial charge on any atom is 0.251 e. The minimum Gasteiger partial charge on any atom is -0.493 e. The van der Waals surface area contributed by atoms with Crippen molar-refractivity contribution in [2.75, 3.05) is 26.1 Å². The van der Waals surface area contributed by atoms with Crippen molar-refractivity contribution in [2.45, 2.75) is 13.8 Å². The molecule has 0 unspecified atom stereocenters. The van der Waals surface area contributed by atoms with E-state index in [-0.39, 0.29) is 5.91 Å². The Morgan fingerprint density at radius 2 is 1.88 bits per heavy atom. The Morgan fingerprint density at radius 3 is 2.54 bits per heavy atom. The SMILES string of the molecule is COc1ccc(Nc2cc(C(=O)NCC(C)C)ccn2)cc1OC. The van der Waals surface area contributed by atoms with Crippen molar-refractivity contribution in [1.29, 1.82) is 0 Å². The highest BCUT2D eigenvalue weighted by atomic mass is 16.5. The number of carbonyl (C=O) groups excluding carboxylic acids is 1. The number of rotatable bonds is 7. The number of methoxy groups -OCH3 is 2. The number of pyridine rings is 1. The molecule has 6 nitrogen and oxygen atoms in total. The van der Waals surface area contributed by atoms with Gasteiger partial charge in [-0.15, -0.1) is 0 Å². The molecule has 0 saturated heterocycles. The highest BCUT2D eigenvalue weighted by Crippen LogP contribution is 2.30. The van der Waals surface area contributed by atoms with Gasteiger partial charge in [-0.25, -0.2) is 4.98 Å². The fourth-order valence-corrected chi connectivity index (χ4v) is 2.10. The van der Waals surface area contributed by atoms with Crippen LogP contribution in [0.2, 0.25) is 0 Å². The highest BCUT2D eigenvalue weighted by Gasteiger charge is 2.09. The quantitative estimate of drug-likeness (QED) is 0.816. The summed E-state index contributed by atoms with van der Waals surface area (Å²) in [7, 11) is 3.17. The van der Waals surface area contributed by atoms with Crippen LogP contribution in [0.15, 0.2) is 36.5 Å². The predicted octanol–water partition coefficient (Wildman–Crippen LogP) is 3.23. The van der Waals surface area contributed by atoms with E-state index in [1.165, 1.54) is 0 Å². The Bertz CT molecular complexity index is 702. The Labute approximate surface area is 142 Å². The molecule has 0 aliphatic heterocycles. The third-order valence-electron chi connectivity index (χ3n) is 3.35. The van der Waals surface area contributed by atoms with E-state index in [9.17, 15) is 4.79 Å². The minimum atomic E-state index is -0.110. The van der Waals surface area contributed by atoms with Crippen LogP contribution in [0.4, 0.5) is 11.5 Å². The molecule has 128 valence electrons. The fourth-order valence-electron chi connectivity index (χ4n) is 2.10. The van der Waals surface area contributed by atoms with Crippen LogP contribution < -0.4 is 20.1 Å². The first kappa shape index (κ1) is 17.6. The molecule has 0 fully saturated rings. The molecule has 2 rings (SSSR count). The summed E-state index contributed by atoms with van der Waals surface area (Å²) in [6, 6.07) is 8.88. The summed E-state index contributed by atoms with van der Waals surface area (Å²) >= 11 is 0. The summed E-state index contributed by atoms with van der Waals surface area (Å²) in [5.41, 5.74) is 1.36. The number of hydrogen-bond acceptors (Lipinski definition) is 5. The molecule has 6 heteroatoms. The molecule has 1 aromatic carbocycles. The molecule has 24 heavy (non-hydrogen) atoms. The van der Waals surface area contributed by atoms with Gasteiger partial charge in [0.25, 0.3) is 5.91 Å². The molecule has 1 amide bonds. The van der Waals surface area contributed by atoms with Crippen molar-refractivity contribution in [1.82, 2.24) is 10.3 Å². The molecule has 0 aliphatic rings. The Balaban J connectivity index is 2.13. The number of anilines is 2. The van der Waals surface area contributed by atoms with Crippen LogP contribution in [0.3, 0.4) is 0 Å². The maximum absolute atomic E-state index is 12.1. The van der Waals surface area contributed by atoms with Crippen LogP contribution in [-0.2, 0) is 0 Å². The number of hydrogen-bond donors (Lipinski definition) is 2. The van der Waals surface area contributed by atoms with Gasteiger partial charge in [-0.05, 0) is 30.2 Å². The van der Waals surface area contributed by atoms with Crippen LogP contribution in [0.5, 0.6) is 11.5 Å². The van der Waals surface area contributed by atoms with Crippen LogP contribution in [0.1, 0.15) is 24.2 Å². The smallest absolute Gasteiger partial charge is 0.251 e. The molecule has 1 aromatic heterocycles. The van der Waals surface area contributed by atoms with Gasteiger partial charge in [0.05, 0.1) is 14.2 Å². The molecular weight excluding hydrogens is 306 g/mol. The number of nitrogens with zero attached hydrogens (tertiary/aromatic N) is 1. The van der Waals surface area contributed by atoms with E-state index in [4.69, 9.17) is 9.47 Å². The normalized spacial score (nSPS) is 10.4. The topological polar surface area (TPSA) is 72.5 Å². The van der Waals surface area contributed by atoms with E-state index in [1.807, 2.05) is 12.1 Å². The Hall–Kier alpha value is -2.76. The van der Waals surface area contributed by atoms with Crippen LogP contribution in [0, 0.1) is 5.92 Å². The summed E-state index contributed by atoms with van der Waals surface area (Å²) in [5, 5.41) is 6.06. The van der Waals surface area contributed by atoms with Gasteiger partial charge in [0, 0.05) is 30.1 Å². The highest BCUT2D eigenvalue weighted by molar-refractivity contribution is 5.94. The first-order valence-corrected chi connectivity index (χ1v) is 7.76. The molecule has 2 aromatic rings. The molecule has 1 heterocycles. The second kappa shape index (κ2) is 8.19. The van der Waals surface area contributed by atoms with Gasteiger partial charge in [0.1, 0.15) is 5.82 Å². The average Bonchev–Trinajstić information content (AvgIpc) is 2.59. The lowest BCUT2D eigenvalue weighted by Crippen LogP contribution is -2.27. The zero-order chi connectivity index (χ0) is 17.5.